The summed E-state index contributed by atoms with van der Waals surface area (Å²) in [6.45, 7) is 8.12. The van der Waals surface area contributed by atoms with Crippen LogP contribution in [0.1, 0.15) is 23.6 Å². The first-order valence-electron chi connectivity index (χ1n) is 8.99. The van der Waals surface area contributed by atoms with Crippen LogP contribution >= 0.6 is 0 Å². The molecule has 6 nitrogen and oxygen atoms in total. The van der Waals surface area contributed by atoms with Gasteiger partial charge in [0.15, 0.2) is 0 Å². The number of hydrogen-bond acceptors (Lipinski definition) is 6. The van der Waals surface area contributed by atoms with Gasteiger partial charge in [0.2, 0.25) is 5.95 Å². The third-order valence-electron chi connectivity index (χ3n) is 4.23. The molecular formula is C21H25N5O. The van der Waals surface area contributed by atoms with Crippen molar-refractivity contribution < 1.29 is 5.11 Å². The Balaban J connectivity index is 2.02. The molecule has 0 aliphatic carbocycles. The van der Waals surface area contributed by atoms with Crippen LogP contribution in [0.15, 0.2) is 42.6 Å². The number of aliphatic hydroxyl groups is 1. The minimum Gasteiger partial charge on any atom is -0.394 e. The van der Waals surface area contributed by atoms with E-state index in [1.165, 1.54) is 5.56 Å². The Labute approximate surface area is 159 Å². The number of nitrogens with one attached hydrogen (secondary N) is 2. The third-order valence-corrected chi connectivity index (χ3v) is 4.23. The molecule has 2 heterocycles. The molecule has 140 valence electrons. The predicted molar refractivity (Wildman–Crippen MR) is 109 cm³/mol. The summed E-state index contributed by atoms with van der Waals surface area (Å²) in [6.07, 6.45) is 1.74. The third kappa shape index (κ3) is 4.60. The van der Waals surface area contributed by atoms with E-state index in [0.717, 1.165) is 22.5 Å². The standard InChI is InChI=1S/C21H25N5O/c1-13-9-14(2)20(15(3)10-13)25-19-11-18(17-7-5-6-8-22-17)24-21(26-19)23-16(4)12-27/h5-11,16,27H,12H2,1-4H3,(H2,23,24,25,26)/t16-/m1/s1. The Hall–Kier alpha value is -2.99. The number of anilines is 3. The molecule has 0 radical (unpaired) electrons. The average Bonchev–Trinajstić information content (AvgIpc) is 2.65. The average molecular weight is 363 g/mol. The zero-order valence-corrected chi connectivity index (χ0v) is 16.1. The van der Waals surface area contributed by atoms with Crippen LogP contribution in [0.2, 0.25) is 0 Å². The normalized spacial score (nSPS) is 11.9. The second-order valence-electron chi connectivity index (χ2n) is 6.80. The summed E-state index contributed by atoms with van der Waals surface area (Å²) in [5, 5.41) is 15.9. The van der Waals surface area contributed by atoms with Crippen molar-refractivity contribution in [2.24, 2.45) is 0 Å². The SMILES string of the molecule is Cc1cc(C)c(Nc2cc(-c3ccccn3)nc(N[C@H](C)CO)n2)c(C)c1. The molecule has 0 saturated carbocycles. The Morgan fingerprint density at radius 3 is 2.37 bits per heavy atom. The summed E-state index contributed by atoms with van der Waals surface area (Å²) >= 11 is 0. The van der Waals surface area contributed by atoms with Crippen LogP contribution in [0.4, 0.5) is 17.5 Å². The van der Waals surface area contributed by atoms with E-state index in [0.29, 0.717) is 17.5 Å². The minimum atomic E-state index is -0.153. The first-order valence-corrected chi connectivity index (χ1v) is 8.99. The first-order chi connectivity index (χ1) is 13.0. The van der Waals surface area contributed by atoms with Gasteiger partial charge in [-0.15, -0.1) is 0 Å². The lowest BCUT2D eigenvalue weighted by molar-refractivity contribution is 0.281. The fourth-order valence-corrected chi connectivity index (χ4v) is 2.99. The monoisotopic (exact) mass is 363 g/mol. The summed E-state index contributed by atoms with van der Waals surface area (Å²) < 4.78 is 0. The molecule has 27 heavy (non-hydrogen) atoms. The summed E-state index contributed by atoms with van der Waals surface area (Å²) in [5.41, 5.74) is 6.05. The molecule has 3 aromatic rings. The first kappa shape index (κ1) is 18.8. The van der Waals surface area contributed by atoms with Crippen LogP contribution in [-0.4, -0.2) is 32.7 Å². The van der Waals surface area contributed by atoms with Crippen molar-refractivity contribution in [1.29, 1.82) is 0 Å². The molecular weight excluding hydrogens is 338 g/mol. The molecule has 0 saturated heterocycles. The van der Waals surface area contributed by atoms with Crippen molar-refractivity contribution in [2.45, 2.75) is 33.7 Å². The zero-order chi connectivity index (χ0) is 19.4. The Morgan fingerprint density at radius 1 is 1.00 bits per heavy atom. The van der Waals surface area contributed by atoms with Gasteiger partial charge in [0.05, 0.1) is 18.0 Å². The molecule has 2 aromatic heterocycles. The van der Waals surface area contributed by atoms with Crippen LogP contribution < -0.4 is 10.6 Å². The summed E-state index contributed by atoms with van der Waals surface area (Å²) in [5.74, 6) is 1.12. The number of aromatic nitrogens is 3. The summed E-state index contributed by atoms with van der Waals surface area (Å²) in [4.78, 5) is 13.5. The molecule has 6 heteroatoms. The minimum absolute atomic E-state index is 0.00385. The predicted octanol–water partition coefficient (Wildman–Crippen LogP) is 4.00. The maximum Gasteiger partial charge on any atom is 0.225 e. The fraction of sp³-hybridized carbons (Fsp3) is 0.286. The number of benzene rings is 1. The van der Waals surface area contributed by atoms with E-state index >= 15 is 0 Å². The highest BCUT2D eigenvalue weighted by atomic mass is 16.3. The van der Waals surface area contributed by atoms with Crippen LogP contribution in [0.25, 0.3) is 11.4 Å². The lowest BCUT2D eigenvalue weighted by atomic mass is 10.1. The molecule has 0 fully saturated rings. The molecule has 0 bridgehead atoms. The maximum atomic E-state index is 9.34. The number of pyridine rings is 1. The molecule has 3 rings (SSSR count). The van der Waals surface area contributed by atoms with E-state index in [-0.39, 0.29) is 12.6 Å². The van der Waals surface area contributed by atoms with Crippen molar-refractivity contribution in [3.63, 3.8) is 0 Å². The number of rotatable bonds is 6. The number of aliphatic hydroxyl groups excluding tert-OH is 1. The Bertz CT molecular complexity index is 904. The van der Waals surface area contributed by atoms with E-state index in [2.05, 4.69) is 58.5 Å². The van der Waals surface area contributed by atoms with Crippen molar-refractivity contribution >= 4 is 17.5 Å². The molecule has 0 unspecified atom stereocenters. The molecule has 0 aliphatic rings. The second-order valence-corrected chi connectivity index (χ2v) is 6.80. The highest BCUT2D eigenvalue weighted by molar-refractivity contribution is 5.69. The molecule has 0 aliphatic heterocycles. The largest absolute Gasteiger partial charge is 0.394 e. The Kier molecular flexibility index (Phi) is 5.66. The van der Waals surface area contributed by atoms with Crippen molar-refractivity contribution in [3.05, 3.63) is 59.3 Å². The number of nitrogens with zero attached hydrogens (tertiary/aromatic N) is 3. The van der Waals surface area contributed by atoms with E-state index in [1.54, 1.807) is 6.20 Å². The van der Waals surface area contributed by atoms with Crippen LogP contribution in [0, 0.1) is 20.8 Å². The quantitative estimate of drug-likeness (QED) is 0.614. The number of hydrogen-bond donors (Lipinski definition) is 3. The fourth-order valence-electron chi connectivity index (χ4n) is 2.99. The van der Waals surface area contributed by atoms with Gasteiger partial charge in [-0.1, -0.05) is 23.8 Å². The van der Waals surface area contributed by atoms with Gasteiger partial charge < -0.3 is 15.7 Å². The van der Waals surface area contributed by atoms with Gasteiger partial charge in [-0.3, -0.25) is 4.98 Å². The van der Waals surface area contributed by atoms with Gasteiger partial charge in [-0.2, -0.15) is 4.98 Å². The van der Waals surface area contributed by atoms with Crippen molar-refractivity contribution in [2.75, 3.05) is 17.2 Å². The highest BCUT2D eigenvalue weighted by Crippen LogP contribution is 2.27. The van der Waals surface area contributed by atoms with Gasteiger partial charge >= 0.3 is 0 Å². The van der Waals surface area contributed by atoms with E-state index in [9.17, 15) is 5.11 Å². The molecule has 0 amide bonds. The summed E-state index contributed by atoms with van der Waals surface area (Å²) in [6, 6.07) is 11.7. The van der Waals surface area contributed by atoms with Gasteiger partial charge in [-0.25, -0.2) is 4.98 Å². The van der Waals surface area contributed by atoms with E-state index in [1.807, 2.05) is 31.2 Å². The zero-order valence-electron chi connectivity index (χ0n) is 16.1. The van der Waals surface area contributed by atoms with Crippen LogP contribution in [0.3, 0.4) is 0 Å². The lowest BCUT2D eigenvalue weighted by Crippen LogP contribution is -2.21. The van der Waals surface area contributed by atoms with Crippen LogP contribution in [-0.2, 0) is 0 Å². The molecule has 1 aromatic carbocycles. The van der Waals surface area contributed by atoms with Crippen LogP contribution in [0.5, 0.6) is 0 Å². The van der Waals surface area contributed by atoms with Crippen molar-refractivity contribution in [3.8, 4) is 11.4 Å². The van der Waals surface area contributed by atoms with Gasteiger partial charge in [0, 0.05) is 24.0 Å². The molecule has 3 N–H and O–H groups in total. The highest BCUT2D eigenvalue weighted by Gasteiger charge is 2.12. The van der Waals surface area contributed by atoms with Gasteiger partial charge in [0.25, 0.3) is 0 Å². The van der Waals surface area contributed by atoms with Crippen molar-refractivity contribution in [1.82, 2.24) is 15.0 Å². The lowest BCUT2D eigenvalue weighted by Gasteiger charge is -2.16. The van der Waals surface area contributed by atoms with Gasteiger partial charge in [-0.05, 0) is 51.0 Å². The molecule has 0 spiro atoms. The second kappa shape index (κ2) is 8.14. The van der Waals surface area contributed by atoms with Gasteiger partial charge in [0.1, 0.15) is 5.82 Å². The number of aryl methyl sites for hydroxylation is 3. The Morgan fingerprint density at radius 2 is 1.74 bits per heavy atom. The topological polar surface area (TPSA) is 83.0 Å². The van der Waals surface area contributed by atoms with E-state index < -0.39 is 0 Å². The van der Waals surface area contributed by atoms with E-state index in [4.69, 9.17) is 0 Å². The maximum absolute atomic E-state index is 9.34. The molecule has 1 atom stereocenters. The summed E-state index contributed by atoms with van der Waals surface area (Å²) in [7, 11) is 0. The smallest absolute Gasteiger partial charge is 0.225 e.